The minimum Gasteiger partial charge on any atom is -0.406 e. The van der Waals surface area contributed by atoms with E-state index in [0.717, 1.165) is 0 Å². The molecule has 1 amide bonds. The van der Waals surface area contributed by atoms with Gasteiger partial charge in [-0.3, -0.25) is 9.48 Å². The maximum absolute atomic E-state index is 12.2. The van der Waals surface area contributed by atoms with Crippen molar-refractivity contribution in [2.24, 2.45) is 7.05 Å². The molecule has 2 aromatic rings. The molecule has 0 atom stereocenters. The van der Waals surface area contributed by atoms with Crippen LogP contribution in [0.25, 0.3) is 0 Å². The Morgan fingerprint density at radius 3 is 2.74 bits per heavy atom. The third kappa shape index (κ3) is 4.97. The Bertz CT molecular complexity index is 685. The van der Waals surface area contributed by atoms with E-state index in [0.29, 0.717) is 11.4 Å². The summed E-state index contributed by atoms with van der Waals surface area (Å²) in [7, 11) is 3.30. The minimum absolute atomic E-state index is 0.0383. The number of aromatic nitrogens is 3. The van der Waals surface area contributed by atoms with Gasteiger partial charge in [-0.25, -0.2) is 4.98 Å². The van der Waals surface area contributed by atoms with E-state index in [9.17, 15) is 18.0 Å². The number of carbonyl (C=O) groups excluding carboxylic acids is 1. The van der Waals surface area contributed by atoms with E-state index in [4.69, 9.17) is 0 Å². The van der Waals surface area contributed by atoms with Crippen LogP contribution >= 0.6 is 0 Å². The predicted molar refractivity (Wildman–Crippen MR) is 74.3 cm³/mol. The molecule has 0 aliphatic heterocycles. The van der Waals surface area contributed by atoms with Crippen LogP contribution in [-0.2, 0) is 24.8 Å². The van der Waals surface area contributed by atoms with Crippen molar-refractivity contribution in [1.82, 2.24) is 19.7 Å². The number of likely N-dealkylation sites (N-methyl/N-ethyl adjacent to an activating group) is 1. The highest BCUT2D eigenvalue weighted by Gasteiger charge is 2.31. The van der Waals surface area contributed by atoms with Gasteiger partial charge in [0.2, 0.25) is 5.91 Å². The van der Waals surface area contributed by atoms with Gasteiger partial charge in [0.1, 0.15) is 17.9 Å². The molecule has 1 aromatic carbocycles. The molecule has 0 bridgehead atoms. The summed E-state index contributed by atoms with van der Waals surface area (Å²) in [6, 6.07) is 5.36. The third-order valence-corrected chi connectivity index (χ3v) is 3.10. The maximum atomic E-state index is 12.2. The Kier molecular flexibility index (Phi) is 4.87. The van der Waals surface area contributed by atoms with Gasteiger partial charge in [0.15, 0.2) is 0 Å². The molecule has 23 heavy (non-hydrogen) atoms. The van der Waals surface area contributed by atoms with Crippen LogP contribution in [0.2, 0.25) is 0 Å². The first-order chi connectivity index (χ1) is 10.7. The molecule has 0 unspecified atom stereocenters. The van der Waals surface area contributed by atoms with Crippen molar-refractivity contribution in [3.05, 3.63) is 42.0 Å². The lowest BCUT2D eigenvalue weighted by Crippen LogP contribution is -2.29. The number of halogens is 3. The first-order valence-electron chi connectivity index (χ1n) is 6.66. The maximum Gasteiger partial charge on any atom is 0.573 e. The smallest absolute Gasteiger partial charge is 0.406 e. The van der Waals surface area contributed by atoms with Crippen LogP contribution in [0, 0.1) is 0 Å². The van der Waals surface area contributed by atoms with Gasteiger partial charge in [0, 0.05) is 14.1 Å². The van der Waals surface area contributed by atoms with Gasteiger partial charge in [0.25, 0.3) is 0 Å². The fraction of sp³-hybridized carbons (Fsp3) is 0.357. The zero-order valence-electron chi connectivity index (χ0n) is 12.5. The number of hydrogen-bond donors (Lipinski definition) is 0. The number of hydrogen-bond acceptors (Lipinski definition) is 4. The SMILES string of the molecule is CN(Cc1ncnn1C)C(=O)Cc1cccc(OC(F)(F)F)c1. The molecule has 0 aliphatic carbocycles. The molecule has 0 aliphatic rings. The number of benzene rings is 1. The van der Waals surface area contributed by atoms with E-state index >= 15 is 0 Å². The van der Waals surface area contributed by atoms with Gasteiger partial charge >= 0.3 is 6.36 Å². The summed E-state index contributed by atoms with van der Waals surface area (Å²) in [5.74, 6) is 0.00548. The molecular formula is C14H15F3N4O2. The normalized spacial score (nSPS) is 11.3. The average Bonchev–Trinajstić information content (AvgIpc) is 2.82. The molecular weight excluding hydrogens is 313 g/mol. The van der Waals surface area contributed by atoms with Crippen molar-refractivity contribution in [1.29, 1.82) is 0 Å². The van der Waals surface area contributed by atoms with Crippen molar-refractivity contribution in [2.75, 3.05) is 7.05 Å². The number of aryl methyl sites for hydroxylation is 1. The monoisotopic (exact) mass is 328 g/mol. The first kappa shape index (κ1) is 16.8. The number of nitrogens with zero attached hydrogens (tertiary/aromatic N) is 4. The fourth-order valence-electron chi connectivity index (χ4n) is 1.93. The van der Waals surface area contributed by atoms with Gasteiger partial charge in [-0.05, 0) is 17.7 Å². The first-order valence-corrected chi connectivity index (χ1v) is 6.66. The van der Waals surface area contributed by atoms with Gasteiger partial charge in [-0.15, -0.1) is 13.2 Å². The summed E-state index contributed by atoms with van der Waals surface area (Å²) in [6.07, 6.45) is -3.42. The van der Waals surface area contributed by atoms with Gasteiger partial charge in [-0.2, -0.15) is 5.10 Å². The molecule has 124 valence electrons. The molecule has 1 heterocycles. The highest BCUT2D eigenvalue weighted by Crippen LogP contribution is 2.23. The molecule has 0 spiro atoms. The predicted octanol–water partition coefficient (Wildman–Crippen LogP) is 1.91. The number of carbonyl (C=O) groups is 1. The lowest BCUT2D eigenvalue weighted by atomic mass is 10.1. The van der Waals surface area contributed by atoms with E-state index in [1.807, 2.05) is 0 Å². The number of alkyl halides is 3. The van der Waals surface area contributed by atoms with Crippen LogP contribution in [0.15, 0.2) is 30.6 Å². The molecule has 6 nitrogen and oxygen atoms in total. The van der Waals surface area contributed by atoms with Crippen LogP contribution in [0.1, 0.15) is 11.4 Å². The molecule has 0 fully saturated rings. The lowest BCUT2D eigenvalue weighted by Gasteiger charge is -2.17. The minimum atomic E-state index is -4.76. The van der Waals surface area contributed by atoms with E-state index in [-0.39, 0.29) is 24.6 Å². The van der Waals surface area contributed by atoms with Gasteiger partial charge in [-0.1, -0.05) is 12.1 Å². The second kappa shape index (κ2) is 6.67. The van der Waals surface area contributed by atoms with E-state index in [1.54, 1.807) is 24.8 Å². The summed E-state index contributed by atoms with van der Waals surface area (Å²) in [6.45, 7) is 0.258. The van der Waals surface area contributed by atoms with Crippen molar-refractivity contribution in [2.45, 2.75) is 19.3 Å². The quantitative estimate of drug-likeness (QED) is 0.841. The number of rotatable bonds is 5. The summed E-state index contributed by atoms with van der Waals surface area (Å²) >= 11 is 0. The van der Waals surface area contributed by atoms with Crippen LogP contribution < -0.4 is 4.74 Å². The second-order valence-corrected chi connectivity index (χ2v) is 4.92. The molecule has 1 aromatic heterocycles. The Hall–Kier alpha value is -2.58. The lowest BCUT2D eigenvalue weighted by molar-refractivity contribution is -0.274. The Morgan fingerprint density at radius 1 is 1.39 bits per heavy atom. The largest absolute Gasteiger partial charge is 0.573 e. The zero-order valence-corrected chi connectivity index (χ0v) is 12.5. The van der Waals surface area contributed by atoms with Crippen molar-refractivity contribution < 1.29 is 22.7 Å². The summed E-state index contributed by atoms with van der Waals surface area (Å²) in [5, 5.41) is 3.90. The third-order valence-electron chi connectivity index (χ3n) is 3.10. The molecule has 2 rings (SSSR count). The standard InChI is InChI=1S/C14H15F3N4O2/c1-20(8-12-18-9-19-21(12)2)13(22)7-10-4-3-5-11(6-10)23-14(15,16)17/h3-6,9H,7-8H2,1-2H3. The fourth-order valence-corrected chi connectivity index (χ4v) is 1.93. The highest BCUT2D eigenvalue weighted by atomic mass is 19.4. The molecule has 0 saturated carbocycles. The summed E-state index contributed by atoms with van der Waals surface area (Å²) in [5.41, 5.74) is 0.432. The van der Waals surface area contributed by atoms with Crippen LogP contribution in [0.5, 0.6) is 5.75 Å². The molecule has 0 saturated heterocycles. The molecule has 9 heteroatoms. The number of amides is 1. The van der Waals surface area contributed by atoms with Gasteiger partial charge in [0.05, 0.1) is 13.0 Å². The zero-order chi connectivity index (χ0) is 17.0. The molecule has 0 N–H and O–H groups in total. The second-order valence-electron chi connectivity index (χ2n) is 4.92. The summed E-state index contributed by atoms with van der Waals surface area (Å²) < 4.78 is 42.0. The Balaban J connectivity index is 1.99. The molecule has 0 radical (unpaired) electrons. The topological polar surface area (TPSA) is 60.2 Å². The van der Waals surface area contributed by atoms with Crippen molar-refractivity contribution in [3.8, 4) is 5.75 Å². The highest BCUT2D eigenvalue weighted by molar-refractivity contribution is 5.78. The van der Waals surface area contributed by atoms with Crippen molar-refractivity contribution >= 4 is 5.91 Å². The van der Waals surface area contributed by atoms with Crippen molar-refractivity contribution in [3.63, 3.8) is 0 Å². The van der Waals surface area contributed by atoms with Gasteiger partial charge < -0.3 is 9.64 Å². The van der Waals surface area contributed by atoms with Crippen LogP contribution in [0.4, 0.5) is 13.2 Å². The van der Waals surface area contributed by atoms with E-state index in [2.05, 4.69) is 14.8 Å². The van der Waals surface area contributed by atoms with Crippen LogP contribution in [-0.4, -0.2) is 39.0 Å². The summed E-state index contributed by atoms with van der Waals surface area (Å²) in [4.78, 5) is 17.6. The average molecular weight is 328 g/mol. The van der Waals surface area contributed by atoms with E-state index < -0.39 is 6.36 Å². The van der Waals surface area contributed by atoms with Crippen LogP contribution in [0.3, 0.4) is 0 Å². The number of ether oxygens (including phenoxy) is 1. The Labute approximate surface area is 130 Å². The van der Waals surface area contributed by atoms with E-state index in [1.165, 1.54) is 29.4 Å². The Morgan fingerprint density at radius 2 is 2.13 bits per heavy atom.